The van der Waals surface area contributed by atoms with Crippen LogP contribution in [0.25, 0.3) is 0 Å². The molecule has 1 saturated heterocycles. The topological polar surface area (TPSA) is 56.6 Å². The average molecular weight is 392 g/mol. The van der Waals surface area contributed by atoms with Crippen LogP contribution < -0.4 is 4.74 Å². The lowest BCUT2D eigenvalue weighted by atomic mass is 9.86. The maximum absolute atomic E-state index is 12.9. The number of hydrogen-bond donors (Lipinski definition) is 0. The first-order valence-electron chi connectivity index (χ1n) is 10.0. The summed E-state index contributed by atoms with van der Waals surface area (Å²) >= 11 is 0. The van der Waals surface area contributed by atoms with Crippen molar-refractivity contribution >= 4 is 5.91 Å². The highest BCUT2D eigenvalue weighted by atomic mass is 16.5. The molecule has 2 aromatic rings. The molecule has 1 atom stereocenters. The molecule has 1 fully saturated rings. The van der Waals surface area contributed by atoms with E-state index < -0.39 is 0 Å². The minimum Gasteiger partial charge on any atom is -0.497 e. The van der Waals surface area contributed by atoms with Gasteiger partial charge in [-0.15, -0.1) is 0 Å². The Labute approximate surface area is 173 Å². The second kappa shape index (κ2) is 8.67. The standard InChI is InChI=1S/C24H29N3O2/c1-24(2,3)20-9-5-19(6-10-20)23(28)27-15-13-26(14-16-27)22(17-25)18-7-11-21(29-4)12-8-18/h5-12,22H,13-16H2,1-4H3. The molecule has 1 unspecified atom stereocenters. The van der Waals surface area contributed by atoms with E-state index in [0.717, 1.165) is 16.9 Å². The van der Waals surface area contributed by atoms with E-state index in [2.05, 4.69) is 31.7 Å². The summed E-state index contributed by atoms with van der Waals surface area (Å²) in [6, 6.07) is 17.6. The molecule has 3 rings (SSSR count). The molecule has 0 saturated carbocycles. The lowest BCUT2D eigenvalue weighted by Gasteiger charge is -2.37. The van der Waals surface area contributed by atoms with Gasteiger partial charge in [0.25, 0.3) is 5.91 Å². The second-order valence-corrected chi connectivity index (χ2v) is 8.46. The van der Waals surface area contributed by atoms with Crippen LogP contribution in [0.5, 0.6) is 5.75 Å². The molecule has 0 bridgehead atoms. The van der Waals surface area contributed by atoms with Gasteiger partial charge < -0.3 is 9.64 Å². The van der Waals surface area contributed by atoms with Gasteiger partial charge in [-0.1, -0.05) is 45.0 Å². The summed E-state index contributed by atoms with van der Waals surface area (Å²) < 4.78 is 5.20. The van der Waals surface area contributed by atoms with Crippen molar-refractivity contribution in [1.82, 2.24) is 9.80 Å². The smallest absolute Gasteiger partial charge is 0.253 e. The molecule has 5 nitrogen and oxygen atoms in total. The van der Waals surface area contributed by atoms with Gasteiger partial charge >= 0.3 is 0 Å². The number of amides is 1. The number of carbonyl (C=O) groups is 1. The molecule has 1 aliphatic heterocycles. The molecule has 0 aliphatic carbocycles. The van der Waals surface area contributed by atoms with Crippen LogP contribution in [0.15, 0.2) is 48.5 Å². The van der Waals surface area contributed by atoms with Gasteiger partial charge in [0.2, 0.25) is 0 Å². The van der Waals surface area contributed by atoms with Gasteiger partial charge in [-0.3, -0.25) is 9.69 Å². The molecule has 152 valence electrons. The Morgan fingerprint density at radius 3 is 2.07 bits per heavy atom. The van der Waals surface area contributed by atoms with Crippen molar-refractivity contribution in [2.75, 3.05) is 33.3 Å². The summed E-state index contributed by atoms with van der Waals surface area (Å²) in [5.74, 6) is 0.835. The fourth-order valence-corrected chi connectivity index (χ4v) is 3.63. The molecule has 0 radical (unpaired) electrons. The van der Waals surface area contributed by atoms with Gasteiger partial charge in [-0.25, -0.2) is 0 Å². The second-order valence-electron chi connectivity index (χ2n) is 8.46. The fourth-order valence-electron chi connectivity index (χ4n) is 3.63. The maximum Gasteiger partial charge on any atom is 0.253 e. The van der Waals surface area contributed by atoms with E-state index in [1.807, 2.05) is 53.4 Å². The minimum absolute atomic E-state index is 0.0584. The summed E-state index contributed by atoms with van der Waals surface area (Å²) in [5, 5.41) is 9.70. The largest absolute Gasteiger partial charge is 0.497 e. The van der Waals surface area contributed by atoms with Crippen molar-refractivity contribution in [2.24, 2.45) is 0 Å². The van der Waals surface area contributed by atoms with Crippen LogP contribution in [-0.4, -0.2) is 49.0 Å². The third kappa shape index (κ3) is 4.78. The Hall–Kier alpha value is -2.84. The highest BCUT2D eigenvalue weighted by molar-refractivity contribution is 5.94. The monoisotopic (exact) mass is 391 g/mol. The van der Waals surface area contributed by atoms with Crippen LogP contribution in [0.1, 0.15) is 48.3 Å². The maximum atomic E-state index is 12.9. The van der Waals surface area contributed by atoms with Gasteiger partial charge in [-0.2, -0.15) is 5.26 Å². The summed E-state index contributed by atoms with van der Waals surface area (Å²) in [6.45, 7) is 9.08. The summed E-state index contributed by atoms with van der Waals surface area (Å²) in [6.07, 6.45) is 0. The molecule has 0 N–H and O–H groups in total. The van der Waals surface area contributed by atoms with Crippen molar-refractivity contribution in [1.29, 1.82) is 5.26 Å². The summed E-state index contributed by atoms with van der Waals surface area (Å²) in [5.41, 5.74) is 2.96. The van der Waals surface area contributed by atoms with Crippen molar-refractivity contribution in [3.63, 3.8) is 0 Å². The number of nitriles is 1. The Kier molecular flexibility index (Phi) is 6.24. The van der Waals surface area contributed by atoms with Crippen LogP contribution in [-0.2, 0) is 5.41 Å². The molecule has 0 aromatic heterocycles. The number of rotatable bonds is 4. The van der Waals surface area contributed by atoms with E-state index in [0.29, 0.717) is 26.2 Å². The molecule has 5 heteroatoms. The lowest BCUT2D eigenvalue weighted by Crippen LogP contribution is -2.49. The zero-order valence-electron chi connectivity index (χ0n) is 17.7. The number of benzene rings is 2. The predicted molar refractivity (Wildman–Crippen MR) is 114 cm³/mol. The summed E-state index contributed by atoms with van der Waals surface area (Å²) in [7, 11) is 1.63. The zero-order valence-corrected chi connectivity index (χ0v) is 17.7. The first-order chi connectivity index (χ1) is 13.8. The van der Waals surface area contributed by atoms with Gasteiger partial charge in [0.15, 0.2) is 0 Å². The van der Waals surface area contributed by atoms with Gasteiger partial charge in [-0.05, 0) is 40.8 Å². The number of piperazine rings is 1. The Balaban J connectivity index is 1.63. The first kappa shape index (κ1) is 20.9. The van der Waals surface area contributed by atoms with E-state index in [1.54, 1.807) is 7.11 Å². The lowest BCUT2D eigenvalue weighted by molar-refractivity contribution is 0.0606. The van der Waals surface area contributed by atoms with E-state index in [4.69, 9.17) is 4.74 Å². The molecular weight excluding hydrogens is 362 g/mol. The molecule has 29 heavy (non-hydrogen) atoms. The molecule has 0 spiro atoms. The van der Waals surface area contributed by atoms with Crippen LogP contribution in [0.4, 0.5) is 0 Å². The molecule has 2 aromatic carbocycles. The highest BCUT2D eigenvalue weighted by Gasteiger charge is 2.27. The molecule has 1 heterocycles. The van der Waals surface area contributed by atoms with Crippen LogP contribution >= 0.6 is 0 Å². The van der Waals surface area contributed by atoms with Gasteiger partial charge in [0, 0.05) is 31.7 Å². The van der Waals surface area contributed by atoms with Crippen molar-refractivity contribution in [3.8, 4) is 11.8 Å². The molecular formula is C24H29N3O2. The molecule has 1 amide bonds. The van der Waals surface area contributed by atoms with E-state index >= 15 is 0 Å². The van der Waals surface area contributed by atoms with Crippen molar-refractivity contribution < 1.29 is 9.53 Å². The number of hydrogen-bond acceptors (Lipinski definition) is 4. The number of methoxy groups -OCH3 is 1. The quantitative estimate of drug-likeness (QED) is 0.790. The van der Waals surface area contributed by atoms with E-state index in [9.17, 15) is 10.1 Å². The van der Waals surface area contributed by atoms with Crippen LogP contribution in [0, 0.1) is 11.3 Å². The van der Waals surface area contributed by atoms with Crippen molar-refractivity contribution in [2.45, 2.75) is 32.2 Å². The normalized spacial score (nSPS) is 16.2. The Morgan fingerprint density at radius 2 is 1.59 bits per heavy atom. The first-order valence-corrected chi connectivity index (χ1v) is 10.0. The van der Waals surface area contributed by atoms with E-state index in [-0.39, 0.29) is 17.4 Å². The fraction of sp³-hybridized carbons (Fsp3) is 0.417. The third-order valence-corrected chi connectivity index (χ3v) is 5.52. The predicted octanol–water partition coefficient (Wildman–Crippen LogP) is 4.02. The Morgan fingerprint density at radius 1 is 1.00 bits per heavy atom. The molecule has 1 aliphatic rings. The van der Waals surface area contributed by atoms with Gasteiger partial charge in [0.1, 0.15) is 11.8 Å². The van der Waals surface area contributed by atoms with Gasteiger partial charge in [0.05, 0.1) is 13.2 Å². The van der Waals surface area contributed by atoms with E-state index in [1.165, 1.54) is 5.56 Å². The number of carbonyl (C=O) groups excluding carboxylic acids is 1. The average Bonchev–Trinajstić information content (AvgIpc) is 2.74. The SMILES string of the molecule is COc1ccc(C(C#N)N2CCN(C(=O)c3ccc(C(C)(C)C)cc3)CC2)cc1. The highest BCUT2D eigenvalue weighted by Crippen LogP contribution is 2.25. The Bertz CT molecular complexity index is 868. The minimum atomic E-state index is -0.316. The number of ether oxygens (including phenoxy) is 1. The summed E-state index contributed by atoms with van der Waals surface area (Å²) in [4.78, 5) is 16.9. The van der Waals surface area contributed by atoms with Crippen LogP contribution in [0.2, 0.25) is 0 Å². The third-order valence-electron chi connectivity index (χ3n) is 5.52. The van der Waals surface area contributed by atoms with Crippen molar-refractivity contribution in [3.05, 3.63) is 65.2 Å². The number of nitrogens with zero attached hydrogens (tertiary/aromatic N) is 3. The van der Waals surface area contributed by atoms with Crippen LogP contribution in [0.3, 0.4) is 0 Å². The zero-order chi connectivity index (χ0) is 21.0.